The van der Waals surface area contributed by atoms with Gasteiger partial charge in [-0.05, 0) is 43.5 Å². The summed E-state index contributed by atoms with van der Waals surface area (Å²) in [5.74, 6) is 0. The highest BCUT2D eigenvalue weighted by Crippen LogP contribution is 2.26. The molecule has 0 heterocycles. The largest absolute Gasteiger partial charge is 0.316 e. The number of aryl methyl sites for hydroxylation is 1. The zero-order valence-electron chi connectivity index (χ0n) is 10.1. The van der Waals surface area contributed by atoms with Crippen LogP contribution in [0.15, 0.2) is 42.0 Å². The number of benzene rings is 1. The van der Waals surface area contributed by atoms with E-state index >= 15 is 0 Å². The first-order valence-electron chi connectivity index (χ1n) is 5.91. The van der Waals surface area contributed by atoms with Crippen LogP contribution in [-0.2, 0) is 0 Å². The van der Waals surface area contributed by atoms with Crippen molar-refractivity contribution in [2.75, 3.05) is 13.6 Å². The number of hydrogen-bond acceptors (Lipinski definition) is 1. The van der Waals surface area contributed by atoms with Gasteiger partial charge in [-0.3, -0.25) is 0 Å². The van der Waals surface area contributed by atoms with E-state index in [1.165, 1.54) is 22.3 Å². The number of hydrogen-bond donors (Lipinski definition) is 1. The van der Waals surface area contributed by atoms with Crippen molar-refractivity contribution in [3.8, 4) is 0 Å². The Morgan fingerprint density at radius 1 is 1.19 bits per heavy atom. The second kappa shape index (κ2) is 5.13. The molecule has 0 saturated carbocycles. The summed E-state index contributed by atoms with van der Waals surface area (Å²) in [5, 5.41) is 3.21. The molecule has 1 aromatic carbocycles. The molecule has 0 unspecified atom stereocenters. The van der Waals surface area contributed by atoms with Gasteiger partial charge in [0, 0.05) is 6.54 Å². The maximum absolute atomic E-state index is 3.21. The second-order valence-corrected chi connectivity index (χ2v) is 4.38. The summed E-state index contributed by atoms with van der Waals surface area (Å²) in [6.07, 6.45) is 6.98. The highest BCUT2D eigenvalue weighted by atomic mass is 14.8. The van der Waals surface area contributed by atoms with Crippen LogP contribution in [-0.4, -0.2) is 13.6 Å². The Balaban J connectivity index is 2.21. The molecule has 0 atom stereocenters. The molecule has 0 bridgehead atoms. The first-order valence-corrected chi connectivity index (χ1v) is 5.91. The van der Waals surface area contributed by atoms with Gasteiger partial charge >= 0.3 is 0 Å². The van der Waals surface area contributed by atoms with Crippen LogP contribution in [0.2, 0.25) is 0 Å². The SMILES string of the molecule is CNCC1=CCCC(c2ccc(C)cc2)=C1. The zero-order valence-corrected chi connectivity index (χ0v) is 10.1. The average Bonchev–Trinajstić information content (AvgIpc) is 2.31. The van der Waals surface area contributed by atoms with E-state index in [1.807, 2.05) is 7.05 Å². The zero-order chi connectivity index (χ0) is 11.4. The minimum atomic E-state index is 0.968. The Morgan fingerprint density at radius 2 is 1.94 bits per heavy atom. The molecule has 1 N–H and O–H groups in total. The summed E-state index contributed by atoms with van der Waals surface area (Å²) in [4.78, 5) is 0. The third-order valence-electron chi connectivity index (χ3n) is 2.98. The van der Waals surface area contributed by atoms with Crippen molar-refractivity contribution in [2.24, 2.45) is 0 Å². The van der Waals surface area contributed by atoms with Gasteiger partial charge in [0.1, 0.15) is 0 Å². The van der Waals surface area contributed by atoms with Crippen molar-refractivity contribution in [2.45, 2.75) is 19.8 Å². The Bertz CT molecular complexity index is 410. The van der Waals surface area contributed by atoms with Gasteiger partial charge in [0.2, 0.25) is 0 Å². The van der Waals surface area contributed by atoms with Gasteiger partial charge in [0.25, 0.3) is 0 Å². The summed E-state index contributed by atoms with van der Waals surface area (Å²) in [7, 11) is 1.99. The van der Waals surface area contributed by atoms with Crippen molar-refractivity contribution in [1.82, 2.24) is 5.32 Å². The van der Waals surface area contributed by atoms with Crippen LogP contribution >= 0.6 is 0 Å². The standard InChI is InChI=1S/C15H19N/c1-12-6-8-14(9-7-12)15-5-3-4-13(10-15)11-16-2/h4,6-10,16H,3,5,11H2,1-2H3. The van der Waals surface area contributed by atoms with E-state index in [4.69, 9.17) is 0 Å². The predicted octanol–water partition coefficient (Wildman–Crippen LogP) is 3.32. The van der Waals surface area contributed by atoms with Gasteiger partial charge < -0.3 is 5.32 Å². The number of nitrogens with one attached hydrogen (secondary N) is 1. The first-order chi connectivity index (χ1) is 7.79. The molecule has 1 nitrogen and oxygen atoms in total. The molecule has 2 rings (SSSR count). The smallest absolute Gasteiger partial charge is 0.0199 e. The van der Waals surface area contributed by atoms with E-state index < -0.39 is 0 Å². The second-order valence-electron chi connectivity index (χ2n) is 4.38. The fourth-order valence-corrected chi connectivity index (χ4v) is 2.09. The fraction of sp³-hybridized carbons (Fsp3) is 0.333. The lowest BCUT2D eigenvalue weighted by atomic mass is 9.93. The molecule has 0 saturated heterocycles. The van der Waals surface area contributed by atoms with Gasteiger partial charge in [-0.2, -0.15) is 0 Å². The van der Waals surface area contributed by atoms with Crippen LogP contribution in [0, 0.1) is 6.92 Å². The van der Waals surface area contributed by atoms with E-state index in [0.717, 1.165) is 19.4 Å². The molecule has 84 valence electrons. The highest BCUT2D eigenvalue weighted by molar-refractivity contribution is 5.69. The maximum Gasteiger partial charge on any atom is 0.0199 e. The van der Waals surface area contributed by atoms with E-state index in [9.17, 15) is 0 Å². The summed E-state index contributed by atoms with van der Waals surface area (Å²) in [6, 6.07) is 8.82. The minimum absolute atomic E-state index is 0.968. The monoisotopic (exact) mass is 213 g/mol. The van der Waals surface area contributed by atoms with Crippen LogP contribution in [0.5, 0.6) is 0 Å². The van der Waals surface area contributed by atoms with Crippen molar-refractivity contribution in [3.05, 3.63) is 53.1 Å². The van der Waals surface area contributed by atoms with E-state index in [0.29, 0.717) is 0 Å². The van der Waals surface area contributed by atoms with Gasteiger partial charge in [0.05, 0.1) is 0 Å². The van der Waals surface area contributed by atoms with Crippen LogP contribution in [0.4, 0.5) is 0 Å². The van der Waals surface area contributed by atoms with E-state index in [-0.39, 0.29) is 0 Å². The molecule has 1 aromatic rings. The normalized spacial score (nSPS) is 15.6. The number of likely N-dealkylation sites (N-methyl/N-ethyl adjacent to an activating group) is 1. The van der Waals surface area contributed by atoms with Crippen LogP contribution in [0.25, 0.3) is 5.57 Å². The van der Waals surface area contributed by atoms with Gasteiger partial charge in [-0.1, -0.05) is 42.0 Å². The Morgan fingerprint density at radius 3 is 2.62 bits per heavy atom. The third-order valence-corrected chi connectivity index (χ3v) is 2.98. The minimum Gasteiger partial charge on any atom is -0.316 e. The molecule has 0 fully saturated rings. The van der Waals surface area contributed by atoms with Crippen LogP contribution < -0.4 is 5.32 Å². The van der Waals surface area contributed by atoms with E-state index in [2.05, 4.69) is 48.7 Å². The highest BCUT2D eigenvalue weighted by Gasteiger charge is 2.06. The molecule has 0 radical (unpaired) electrons. The quantitative estimate of drug-likeness (QED) is 0.812. The molecule has 16 heavy (non-hydrogen) atoms. The van der Waals surface area contributed by atoms with Gasteiger partial charge in [-0.25, -0.2) is 0 Å². The Hall–Kier alpha value is -1.34. The molecule has 1 heteroatoms. The third kappa shape index (κ3) is 2.61. The molecule has 0 aliphatic heterocycles. The molecule has 0 aromatic heterocycles. The molecule has 1 aliphatic carbocycles. The summed E-state index contributed by atoms with van der Waals surface area (Å²) in [6.45, 7) is 3.10. The van der Waals surface area contributed by atoms with Crippen LogP contribution in [0.1, 0.15) is 24.0 Å². The van der Waals surface area contributed by atoms with Crippen molar-refractivity contribution in [1.29, 1.82) is 0 Å². The number of allylic oxidation sites excluding steroid dienone is 2. The van der Waals surface area contributed by atoms with E-state index in [1.54, 1.807) is 0 Å². The van der Waals surface area contributed by atoms with Gasteiger partial charge in [-0.15, -0.1) is 0 Å². The van der Waals surface area contributed by atoms with Gasteiger partial charge in [0.15, 0.2) is 0 Å². The molecule has 0 spiro atoms. The Kier molecular flexibility index (Phi) is 3.58. The topological polar surface area (TPSA) is 12.0 Å². The Labute approximate surface area is 97.9 Å². The molecular weight excluding hydrogens is 194 g/mol. The van der Waals surface area contributed by atoms with Crippen LogP contribution in [0.3, 0.4) is 0 Å². The lowest BCUT2D eigenvalue weighted by Gasteiger charge is -2.14. The molecule has 0 amide bonds. The van der Waals surface area contributed by atoms with Crippen molar-refractivity contribution in [3.63, 3.8) is 0 Å². The number of rotatable bonds is 3. The first kappa shape index (κ1) is 11.2. The summed E-state index contributed by atoms with van der Waals surface area (Å²) in [5.41, 5.74) is 5.57. The summed E-state index contributed by atoms with van der Waals surface area (Å²) >= 11 is 0. The average molecular weight is 213 g/mol. The van der Waals surface area contributed by atoms with Crippen molar-refractivity contribution >= 4 is 5.57 Å². The lowest BCUT2D eigenvalue weighted by Crippen LogP contribution is -2.10. The summed E-state index contributed by atoms with van der Waals surface area (Å²) < 4.78 is 0. The molecule has 1 aliphatic rings. The molecular formula is C15H19N. The maximum atomic E-state index is 3.21. The fourth-order valence-electron chi connectivity index (χ4n) is 2.09. The van der Waals surface area contributed by atoms with Crippen molar-refractivity contribution < 1.29 is 0 Å². The lowest BCUT2D eigenvalue weighted by molar-refractivity contribution is 0.878. The predicted molar refractivity (Wildman–Crippen MR) is 70.4 cm³/mol.